The molecule has 1 nitrogen and oxygen atoms in total. The lowest BCUT2D eigenvalue weighted by Crippen LogP contribution is -2.38. The minimum absolute atomic E-state index is 0.190. The fraction of sp³-hybridized carbons (Fsp3) is 0.571. The Balaban J connectivity index is 2.20. The summed E-state index contributed by atoms with van der Waals surface area (Å²) < 4.78 is 39.2. The van der Waals surface area contributed by atoms with Crippen LogP contribution in [0.3, 0.4) is 0 Å². The van der Waals surface area contributed by atoms with E-state index in [1.165, 1.54) is 0 Å². The van der Waals surface area contributed by atoms with Gasteiger partial charge in [-0.15, -0.1) is 0 Å². The first-order valence-corrected chi connectivity index (χ1v) is 6.85. The molecule has 0 bridgehead atoms. The highest BCUT2D eigenvalue weighted by Crippen LogP contribution is 2.45. The number of benzene rings is 1. The number of hydrogen-bond donors (Lipinski definition) is 1. The molecule has 0 saturated heterocycles. The molecule has 1 aromatic rings. The van der Waals surface area contributed by atoms with Crippen molar-refractivity contribution in [3.8, 4) is 0 Å². The SMILES string of the molecule is NC(c1ccc(Cl)cc1)C1CCCCC1C(F)(F)F. The van der Waals surface area contributed by atoms with E-state index in [0.29, 0.717) is 17.9 Å². The van der Waals surface area contributed by atoms with Crippen molar-refractivity contribution in [2.45, 2.75) is 37.9 Å². The van der Waals surface area contributed by atoms with Crippen molar-refractivity contribution < 1.29 is 13.2 Å². The van der Waals surface area contributed by atoms with Gasteiger partial charge in [0.1, 0.15) is 0 Å². The van der Waals surface area contributed by atoms with Crippen molar-refractivity contribution in [2.75, 3.05) is 0 Å². The molecule has 2 rings (SSSR count). The van der Waals surface area contributed by atoms with Crippen LogP contribution in [0.25, 0.3) is 0 Å². The third-order valence-electron chi connectivity index (χ3n) is 3.96. The molecular weight excluding hydrogens is 275 g/mol. The number of alkyl halides is 3. The summed E-state index contributed by atoms with van der Waals surface area (Å²) >= 11 is 5.78. The van der Waals surface area contributed by atoms with Gasteiger partial charge >= 0.3 is 6.18 Å². The van der Waals surface area contributed by atoms with E-state index in [4.69, 9.17) is 17.3 Å². The van der Waals surface area contributed by atoms with Gasteiger partial charge in [0.2, 0.25) is 0 Å². The van der Waals surface area contributed by atoms with Crippen molar-refractivity contribution in [2.24, 2.45) is 17.6 Å². The summed E-state index contributed by atoms with van der Waals surface area (Å²) in [5, 5.41) is 0.562. The van der Waals surface area contributed by atoms with Gasteiger partial charge in [-0.25, -0.2) is 0 Å². The minimum atomic E-state index is -4.16. The molecule has 106 valence electrons. The molecule has 1 fully saturated rings. The molecular formula is C14H17ClF3N. The summed E-state index contributed by atoms with van der Waals surface area (Å²) in [5.41, 5.74) is 6.79. The van der Waals surface area contributed by atoms with Crippen molar-refractivity contribution in [3.05, 3.63) is 34.9 Å². The van der Waals surface area contributed by atoms with Crippen LogP contribution in [0.2, 0.25) is 5.02 Å². The predicted octanol–water partition coefficient (Wildman–Crippen LogP) is 4.71. The normalized spacial score (nSPS) is 26.2. The Morgan fingerprint density at radius 3 is 2.26 bits per heavy atom. The van der Waals surface area contributed by atoms with E-state index < -0.39 is 24.1 Å². The van der Waals surface area contributed by atoms with Gasteiger partial charge in [0.25, 0.3) is 0 Å². The predicted molar refractivity (Wildman–Crippen MR) is 69.9 cm³/mol. The van der Waals surface area contributed by atoms with Crippen LogP contribution in [0.5, 0.6) is 0 Å². The van der Waals surface area contributed by atoms with E-state index in [2.05, 4.69) is 0 Å². The second kappa shape index (κ2) is 5.71. The highest BCUT2D eigenvalue weighted by molar-refractivity contribution is 6.30. The van der Waals surface area contributed by atoms with Gasteiger partial charge in [-0.3, -0.25) is 0 Å². The summed E-state index contributed by atoms with van der Waals surface area (Å²) in [7, 11) is 0. The Morgan fingerprint density at radius 1 is 1.11 bits per heavy atom. The Labute approximate surface area is 115 Å². The zero-order valence-corrected chi connectivity index (χ0v) is 11.2. The largest absolute Gasteiger partial charge is 0.392 e. The van der Waals surface area contributed by atoms with Crippen LogP contribution in [0.15, 0.2) is 24.3 Å². The molecule has 1 saturated carbocycles. The van der Waals surface area contributed by atoms with Gasteiger partial charge in [0.15, 0.2) is 0 Å². The third kappa shape index (κ3) is 3.42. The van der Waals surface area contributed by atoms with Gasteiger partial charge in [-0.05, 0) is 36.5 Å². The van der Waals surface area contributed by atoms with Gasteiger partial charge in [0.05, 0.1) is 5.92 Å². The molecule has 0 aromatic heterocycles. The number of hydrogen-bond acceptors (Lipinski definition) is 1. The van der Waals surface area contributed by atoms with Crippen molar-refractivity contribution in [1.82, 2.24) is 0 Å². The molecule has 19 heavy (non-hydrogen) atoms. The van der Waals surface area contributed by atoms with E-state index in [1.807, 2.05) is 0 Å². The molecule has 1 aromatic carbocycles. The highest BCUT2D eigenvalue weighted by atomic mass is 35.5. The van der Waals surface area contributed by atoms with E-state index in [-0.39, 0.29) is 6.42 Å². The average Bonchev–Trinajstić information content (AvgIpc) is 2.38. The molecule has 0 amide bonds. The minimum Gasteiger partial charge on any atom is -0.324 e. The molecule has 1 aliphatic carbocycles. The lowest BCUT2D eigenvalue weighted by molar-refractivity contribution is -0.198. The van der Waals surface area contributed by atoms with Gasteiger partial charge in [0, 0.05) is 11.1 Å². The molecule has 1 aliphatic rings. The first-order valence-electron chi connectivity index (χ1n) is 6.47. The van der Waals surface area contributed by atoms with Crippen LogP contribution in [0, 0.1) is 11.8 Å². The van der Waals surface area contributed by atoms with Gasteiger partial charge in [-0.2, -0.15) is 13.2 Å². The van der Waals surface area contributed by atoms with Crippen molar-refractivity contribution in [3.63, 3.8) is 0 Å². The molecule has 0 aliphatic heterocycles. The Bertz CT molecular complexity index is 416. The summed E-state index contributed by atoms with van der Waals surface area (Å²) in [6.45, 7) is 0. The van der Waals surface area contributed by atoms with Crippen LogP contribution in [0.4, 0.5) is 13.2 Å². The second-order valence-corrected chi connectivity index (χ2v) is 5.61. The average molecular weight is 292 g/mol. The van der Waals surface area contributed by atoms with E-state index in [1.54, 1.807) is 24.3 Å². The third-order valence-corrected chi connectivity index (χ3v) is 4.21. The topological polar surface area (TPSA) is 26.0 Å². The summed E-state index contributed by atoms with van der Waals surface area (Å²) in [6, 6.07) is 6.19. The van der Waals surface area contributed by atoms with E-state index in [0.717, 1.165) is 12.0 Å². The number of rotatable bonds is 2. The van der Waals surface area contributed by atoms with Gasteiger partial charge in [-0.1, -0.05) is 36.6 Å². The Morgan fingerprint density at radius 2 is 1.68 bits per heavy atom. The fourth-order valence-corrected chi connectivity index (χ4v) is 3.05. The monoisotopic (exact) mass is 291 g/mol. The van der Waals surface area contributed by atoms with Crippen molar-refractivity contribution >= 4 is 11.6 Å². The standard InChI is InChI=1S/C14H17ClF3N/c15-10-7-5-9(6-8-10)13(19)11-3-1-2-4-12(11)14(16,17)18/h5-8,11-13H,1-4,19H2. The molecule has 0 heterocycles. The Kier molecular flexibility index (Phi) is 4.41. The molecule has 3 atom stereocenters. The second-order valence-electron chi connectivity index (χ2n) is 5.17. The van der Waals surface area contributed by atoms with Crippen LogP contribution < -0.4 is 5.73 Å². The zero-order valence-electron chi connectivity index (χ0n) is 10.5. The maximum Gasteiger partial charge on any atom is 0.392 e. The smallest absolute Gasteiger partial charge is 0.324 e. The van der Waals surface area contributed by atoms with E-state index in [9.17, 15) is 13.2 Å². The fourth-order valence-electron chi connectivity index (χ4n) is 2.93. The van der Waals surface area contributed by atoms with E-state index >= 15 is 0 Å². The van der Waals surface area contributed by atoms with Crippen LogP contribution in [0.1, 0.15) is 37.3 Å². The number of halogens is 4. The molecule has 0 radical (unpaired) electrons. The van der Waals surface area contributed by atoms with Gasteiger partial charge < -0.3 is 5.73 Å². The van der Waals surface area contributed by atoms with Crippen molar-refractivity contribution in [1.29, 1.82) is 0 Å². The quantitative estimate of drug-likeness (QED) is 0.839. The molecule has 2 N–H and O–H groups in total. The first kappa shape index (κ1) is 14.7. The van der Waals surface area contributed by atoms with Crippen LogP contribution in [-0.2, 0) is 0 Å². The maximum atomic E-state index is 13.1. The zero-order chi connectivity index (χ0) is 14.0. The molecule has 5 heteroatoms. The summed E-state index contributed by atoms with van der Waals surface area (Å²) in [4.78, 5) is 0. The summed E-state index contributed by atoms with van der Waals surface area (Å²) in [6.07, 6.45) is -1.98. The molecule has 3 unspecified atom stereocenters. The molecule has 0 spiro atoms. The lowest BCUT2D eigenvalue weighted by Gasteiger charge is -2.36. The number of nitrogens with two attached hydrogens (primary N) is 1. The Hall–Kier alpha value is -0.740. The first-order chi connectivity index (χ1) is 8.89. The lowest BCUT2D eigenvalue weighted by atomic mass is 9.73. The van der Waals surface area contributed by atoms with Crippen LogP contribution in [-0.4, -0.2) is 6.18 Å². The maximum absolute atomic E-state index is 13.1. The highest BCUT2D eigenvalue weighted by Gasteiger charge is 2.47. The van der Waals surface area contributed by atoms with Crippen LogP contribution >= 0.6 is 11.6 Å². The summed E-state index contributed by atoms with van der Waals surface area (Å²) in [5.74, 6) is -1.82.